The van der Waals surface area contributed by atoms with Crippen LogP contribution in [0.2, 0.25) is 0 Å². The number of hydrogen-bond donors (Lipinski definition) is 1. The van der Waals surface area contributed by atoms with Gasteiger partial charge in [0.25, 0.3) is 0 Å². The molecule has 4 nitrogen and oxygen atoms in total. The summed E-state index contributed by atoms with van der Waals surface area (Å²) in [5.41, 5.74) is 7.05. The Kier molecular flexibility index (Phi) is 3.27. The van der Waals surface area contributed by atoms with E-state index in [1.54, 1.807) is 18.5 Å². The van der Waals surface area contributed by atoms with Crippen molar-refractivity contribution in [1.29, 1.82) is 0 Å². The van der Waals surface area contributed by atoms with Crippen LogP contribution in [0.15, 0.2) is 48.8 Å². The molecule has 2 N–H and O–H groups in total. The van der Waals surface area contributed by atoms with E-state index in [1.807, 2.05) is 18.2 Å². The van der Waals surface area contributed by atoms with Gasteiger partial charge in [-0.1, -0.05) is 30.3 Å². The molecule has 0 bridgehead atoms. The summed E-state index contributed by atoms with van der Waals surface area (Å²) in [7, 11) is 0. The van der Waals surface area contributed by atoms with E-state index in [4.69, 9.17) is 10.5 Å². The number of ether oxygens (including phenoxy) is 1. The van der Waals surface area contributed by atoms with E-state index in [2.05, 4.69) is 22.1 Å². The van der Waals surface area contributed by atoms with Gasteiger partial charge in [-0.05, 0) is 24.5 Å². The van der Waals surface area contributed by atoms with Gasteiger partial charge in [0.15, 0.2) is 0 Å². The average Bonchev–Trinajstić information content (AvgIpc) is 2.44. The minimum absolute atomic E-state index is 0.203. The van der Waals surface area contributed by atoms with Crippen molar-refractivity contribution >= 4 is 0 Å². The highest BCUT2D eigenvalue weighted by Gasteiger charge is 2.45. The Morgan fingerprint density at radius 1 is 1.11 bits per heavy atom. The van der Waals surface area contributed by atoms with Crippen molar-refractivity contribution in [3.05, 3.63) is 60.2 Å². The number of benzene rings is 1. The van der Waals surface area contributed by atoms with E-state index in [0.29, 0.717) is 6.61 Å². The predicted octanol–water partition coefficient (Wildman–Crippen LogP) is 2.01. The standard InChI is InChI=1S/C15H17N3O/c16-15(14-17-7-4-8-18-14)9-13(10-15)19-11-12-5-2-1-3-6-12/h1-8,13H,9-11,16H2. The van der Waals surface area contributed by atoms with Crippen molar-refractivity contribution in [2.45, 2.75) is 31.1 Å². The first-order valence-corrected chi connectivity index (χ1v) is 6.48. The molecule has 1 aromatic heterocycles. The number of nitrogens with zero attached hydrogens (tertiary/aromatic N) is 2. The Morgan fingerprint density at radius 3 is 2.47 bits per heavy atom. The highest BCUT2D eigenvalue weighted by molar-refractivity contribution is 5.15. The van der Waals surface area contributed by atoms with Crippen LogP contribution in [0, 0.1) is 0 Å². The molecule has 98 valence electrons. The van der Waals surface area contributed by atoms with Gasteiger partial charge in [-0.15, -0.1) is 0 Å². The van der Waals surface area contributed by atoms with Gasteiger partial charge >= 0.3 is 0 Å². The predicted molar refractivity (Wildman–Crippen MR) is 72.2 cm³/mol. The van der Waals surface area contributed by atoms with Gasteiger partial charge in [-0.3, -0.25) is 0 Å². The second-order valence-electron chi connectivity index (χ2n) is 5.06. The van der Waals surface area contributed by atoms with Crippen molar-refractivity contribution in [3.63, 3.8) is 0 Å². The normalized spacial score (nSPS) is 25.8. The molecular formula is C15H17N3O. The fourth-order valence-corrected chi connectivity index (χ4v) is 2.40. The van der Waals surface area contributed by atoms with E-state index in [0.717, 1.165) is 18.7 Å². The van der Waals surface area contributed by atoms with Crippen molar-refractivity contribution < 1.29 is 4.74 Å². The van der Waals surface area contributed by atoms with E-state index in [1.165, 1.54) is 5.56 Å². The lowest BCUT2D eigenvalue weighted by Gasteiger charge is -2.43. The van der Waals surface area contributed by atoms with Crippen LogP contribution in [-0.2, 0) is 16.9 Å². The molecule has 2 aromatic rings. The molecule has 3 rings (SSSR count). The van der Waals surface area contributed by atoms with Crippen LogP contribution in [0.5, 0.6) is 0 Å². The average molecular weight is 255 g/mol. The lowest BCUT2D eigenvalue weighted by Crippen LogP contribution is -2.53. The quantitative estimate of drug-likeness (QED) is 0.907. The highest BCUT2D eigenvalue weighted by atomic mass is 16.5. The summed E-state index contributed by atoms with van der Waals surface area (Å²) in [5.74, 6) is 0.717. The zero-order valence-corrected chi connectivity index (χ0v) is 10.7. The first kappa shape index (κ1) is 12.3. The molecule has 0 unspecified atom stereocenters. The van der Waals surface area contributed by atoms with Gasteiger partial charge in [-0.25, -0.2) is 9.97 Å². The number of nitrogens with two attached hydrogens (primary N) is 1. The largest absolute Gasteiger partial charge is 0.373 e. The molecule has 1 saturated carbocycles. The minimum atomic E-state index is -0.414. The maximum absolute atomic E-state index is 6.28. The summed E-state index contributed by atoms with van der Waals surface area (Å²) in [6, 6.07) is 12.0. The van der Waals surface area contributed by atoms with Crippen molar-refractivity contribution in [2.24, 2.45) is 5.73 Å². The smallest absolute Gasteiger partial charge is 0.148 e. The van der Waals surface area contributed by atoms with Crippen LogP contribution in [0.1, 0.15) is 24.2 Å². The van der Waals surface area contributed by atoms with Gasteiger partial charge in [0.2, 0.25) is 0 Å². The zero-order chi connectivity index (χ0) is 13.1. The van der Waals surface area contributed by atoms with Crippen molar-refractivity contribution in [1.82, 2.24) is 9.97 Å². The first-order valence-electron chi connectivity index (χ1n) is 6.48. The summed E-state index contributed by atoms with van der Waals surface area (Å²) in [6.07, 6.45) is 5.23. The summed E-state index contributed by atoms with van der Waals surface area (Å²) in [5, 5.41) is 0. The van der Waals surface area contributed by atoms with E-state index in [-0.39, 0.29) is 6.10 Å². The van der Waals surface area contributed by atoms with Gasteiger partial charge in [0.1, 0.15) is 5.82 Å². The van der Waals surface area contributed by atoms with Crippen LogP contribution in [0.25, 0.3) is 0 Å². The van der Waals surface area contributed by atoms with E-state index < -0.39 is 5.54 Å². The molecule has 0 radical (unpaired) electrons. The number of hydrogen-bond acceptors (Lipinski definition) is 4. The van der Waals surface area contributed by atoms with Crippen molar-refractivity contribution in [3.8, 4) is 0 Å². The van der Waals surface area contributed by atoms with E-state index >= 15 is 0 Å². The Balaban J connectivity index is 1.53. The van der Waals surface area contributed by atoms with Gasteiger partial charge in [0, 0.05) is 12.4 Å². The van der Waals surface area contributed by atoms with Crippen LogP contribution in [0.4, 0.5) is 0 Å². The maximum atomic E-state index is 6.28. The molecule has 1 aliphatic rings. The second-order valence-corrected chi connectivity index (χ2v) is 5.06. The second kappa shape index (κ2) is 5.07. The molecule has 1 aliphatic carbocycles. The third-order valence-corrected chi connectivity index (χ3v) is 3.52. The maximum Gasteiger partial charge on any atom is 0.148 e. The van der Waals surface area contributed by atoms with Crippen LogP contribution in [-0.4, -0.2) is 16.1 Å². The SMILES string of the molecule is NC1(c2ncccn2)CC(OCc2ccccc2)C1. The third-order valence-electron chi connectivity index (χ3n) is 3.52. The molecule has 0 spiro atoms. The molecule has 1 aromatic carbocycles. The summed E-state index contributed by atoms with van der Waals surface area (Å²) >= 11 is 0. The fourth-order valence-electron chi connectivity index (χ4n) is 2.40. The molecule has 1 heterocycles. The Morgan fingerprint density at radius 2 is 1.79 bits per heavy atom. The molecule has 0 atom stereocenters. The molecule has 0 amide bonds. The number of aromatic nitrogens is 2. The molecule has 1 fully saturated rings. The topological polar surface area (TPSA) is 61.0 Å². The summed E-state index contributed by atoms with van der Waals surface area (Å²) in [6.45, 7) is 0.636. The summed E-state index contributed by atoms with van der Waals surface area (Å²) in [4.78, 5) is 8.47. The molecular weight excluding hydrogens is 238 g/mol. The molecule has 19 heavy (non-hydrogen) atoms. The minimum Gasteiger partial charge on any atom is -0.373 e. The van der Waals surface area contributed by atoms with Gasteiger partial charge in [-0.2, -0.15) is 0 Å². The lowest BCUT2D eigenvalue weighted by atomic mass is 9.74. The summed E-state index contributed by atoms with van der Waals surface area (Å²) < 4.78 is 5.85. The first-order chi connectivity index (χ1) is 9.26. The Labute approximate surface area is 112 Å². The Hall–Kier alpha value is -1.78. The lowest BCUT2D eigenvalue weighted by molar-refractivity contribution is -0.0563. The zero-order valence-electron chi connectivity index (χ0n) is 10.7. The Bertz CT molecular complexity index is 524. The van der Waals surface area contributed by atoms with E-state index in [9.17, 15) is 0 Å². The number of rotatable bonds is 4. The van der Waals surface area contributed by atoms with Crippen LogP contribution >= 0.6 is 0 Å². The van der Waals surface area contributed by atoms with Gasteiger partial charge < -0.3 is 10.5 Å². The molecule has 0 saturated heterocycles. The fraction of sp³-hybridized carbons (Fsp3) is 0.333. The van der Waals surface area contributed by atoms with Crippen LogP contribution in [0.3, 0.4) is 0 Å². The van der Waals surface area contributed by atoms with Crippen molar-refractivity contribution in [2.75, 3.05) is 0 Å². The monoisotopic (exact) mass is 255 g/mol. The molecule has 4 heteroatoms. The molecule has 0 aliphatic heterocycles. The highest BCUT2D eigenvalue weighted by Crippen LogP contribution is 2.39. The third kappa shape index (κ3) is 2.64. The van der Waals surface area contributed by atoms with Crippen LogP contribution < -0.4 is 5.73 Å². The van der Waals surface area contributed by atoms with Gasteiger partial charge in [0.05, 0.1) is 18.2 Å².